The van der Waals surface area contributed by atoms with Crippen LogP contribution in [0.1, 0.15) is 10.4 Å². The van der Waals surface area contributed by atoms with Gasteiger partial charge in [0.25, 0.3) is 5.91 Å². The fourth-order valence-corrected chi connectivity index (χ4v) is 1.39. The highest BCUT2D eigenvalue weighted by molar-refractivity contribution is 5.94. The van der Waals surface area contributed by atoms with Crippen molar-refractivity contribution >= 4 is 5.91 Å². The van der Waals surface area contributed by atoms with Crippen molar-refractivity contribution in [3.63, 3.8) is 0 Å². The van der Waals surface area contributed by atoms with Crippen LogP contribution in [-0.4, -0.2) is 39.9 Å². The summed E-state index contributed by atoms with van der Waals surface area (Å²) < 4.78 is 18.7. The van der Waals surface area contributed by atoms with Crippen LogP contribution in [0.5, 0.6) is 11.8 Å². The number of ether oxygens (including phenoxy) is 1. The molecular weight excluding hydrogens is 251 g/mol. The predicted molar refractivity (Wildman–Crippen MR) is 64.3 cm³/mol. The van der Waals surface area contributed by atoms with Crippen molar-refractivity contribution < 1.29 is 13.9 Å². The number of halogens is 1. The molecule has 0 bridgehead atoms. The Morgan fingerprint density at radius 2 is 1.89 bits per heavy atom. The van der Waals surface area contributed by atoms with Gasteiger partial charge in [0, 0.05) is 25.7 Å². The summed E-state index contributed by atoms with van der Waals surface area (Å²) >= 11 is 0. The number of aromatic nitrogens is 3. The van der Waals surface area contributed by atoms with Gasteiger partial charge < -0.3 is 9.64 Å². The first-order valence-electron chi connectivity index (χ1n) is 5.38. The van der Waals surface area contributed by atoms with Crippen molar-refractivity contribution in [2.45, 2.75) is 0 Å². The van der Waals surface area contributed by atoms with Gasteiger partial charge in [-0.05, 0) is 12.1 Å². The van der Waals surface area contributed by atoms with Gasteiger partial charge in [-0.25, -0.2) is 9.37 Å². The van der Waals surface area contributed by atoms with Gasteiger partial charge in [0.05, 0.1) is 0 Å². The van der Waals surface area contributed by atoms with Gasteiger partial charge in [-0.2, -0.15) is 9.97 Å². The largest absolute Gasteiger partial charge is 0.424 e. The molecule has 0 spiro atoms. The Labute approximate surface area is 108 Å². The molecule has 1 aromatic heterocycles. The zero-order valence-corrected chi connectivity index (χ0v) is 10.4. The molecule has 98 valence electrons. The standard InChI is InChI=1S/C12H11FN4O2/c1-17(2)11(18)8-3-9(13)5-10(4-8)19-12-15-6-14-7-16-12/h3-7H,1-2H3. The summed E-state index contributed by atoms with van der Waals surface area (Å²) in [6, 6.07) is 3.75. The molecule has 0 unspecified atom stereocenters. The van der Waals surface area contributed by atoms with Gasteiger partial charge in [0.2, 0.25) is 0 Å². The molecule has 1 amide bonds. The van der Waals surface area contributed by atoms with E-state index in [2.05, 4.69) is 15.0 Å². The highest BCUT2D eigenvalue weighted by Crippen LogP contribution is 2.21. The summed E-state index contributed by atoms with van der Waals surface area (Å²) in [7, 11) is 3.17. The number of hydrogen-bond donors (Lipinski definition) is 0. The van der Waals surface area contributed by atoms with Crippen molar-refractivity contribution in [1.29, 1.82) is 0 Å². The van der Waals surface area contributed by atoms with Crippen LogP contribution in [0.15, 0.2) is 30.9 Å². The molecule has 1 aromatic carbocycles. The van der Waals surface area contributed by atoms with Gasteiger partial charge in [0.15, 0.2) is 0 Å². The van der Waals surface area contributed by atoms with E-state index in [0.717, 1.165) is 12.1 Å². The number of carbonyl (C=O) groups excluding carboxylic acids is 1. The SMILES string of the molecule is CN(C)C(=O)c1cc(F)cc(Oc2ncncn2)c1. The van der Waals surface area contributed by atoms with Gasteiger partial charge in [-0.1, -0.05) is 0 Å². The van der Waals surface area contributed by atoms with Crippen LogP contribution in [-0.2, 0) is 0 Å². The smallest absolute Gasteiger partial charge is 0.324 e. The van der Waals surface area contributed by atoms with E-state index in [1.54, 1.807) is 14.1 Å². The third-order valence-corrected chi connectivity index (χ3v) is 2.20. The number of benzene rings is 1. The van der Waals surface area contributed by atoms with E-state index in [-0.39, 0.29) is 23.2 Å². The van der Waals surface area contributed by atoms with E-state index in [0.29, 0.717) is 0 Å². The Morgan fingerprint density at radius 3 is 2.53 bits per heavy atom. The van der Waals surface area contributed by atoms with Crippen molar-refractivity contribution in [3.8, 4) is 11.8 Å². The fraction of sp³-hybridized carbons (Fsp3) is 0.167. The van der Waals surface area contributed by atoms with Crippen molar-refractivity contribution in [3.05, 3.63) is 42.2 Å². The molecule has 0 N–H and O–H groups in total. The molecule has 2 aromatic rings. The minimum Gasteiger partial charge on any atom is -0.424 e. The van der Waals surface area contributed by atoms with E-state index in [9.17, 15) is 9.18 Å². The summed E-state index contributed by atoms with van der Waals surface area (Å²) in [5, 5.41) is 0. The van der Waals surface area contributed by atoms with Crippen molar-refractivity contribution in [2.24, 2.45) is 0 Å². The van der Waals surface area contributed by atoms with Gasteiger partial charge in [0.1, 0.15) is 24.2 Å². The number of hydrogen-bond acceptors (Lipinski definition) is 5. The second-order valence-corrected chi connectivity index (χ2v) is 3.90. The Morgan fingerprint density at radius 1 is 1.21 bits per heavy atom. The van der Waals surface area contributed by atoms with Crippen LogP contribution in [0, 0.1) is 5.82 Å². The maximum atomic E-state index is 13.5. The van der Waals surface area contributed by atoms with Crippen LogP contribution in [0.4, 0.5) is 4.39 Å². The normalized spacial score (nSPS) is 10.1. The highest BCUT2D eigenvalue weighted by atomic mass is 19.1. The average Bonchev–Trinajstić information content (AvgIpc) is 2.38. The van der Waals surface area contributed by atoms with E-state index >= 15 is 0 Å². The van der Waals surface area contributed by atoms with Crippen molar-refractivity contribution in [2.75, 3.05) is 14.1 Å². The van der Waals surface area contributed by atoms with Crippen LogP contribution < -0.4 is 4.74 Å². The summed E-state index contributed by atoms with van der Waals surface area (Å²) in [6.07, 6.45) is 2.51. The fourth-order valence-electron chi connectivity index (χ4n) is 1.39. The Bertz CT molecular complexity index is 590. The lowest BCUT2D eigenvalue weighted by Gasteiger charge is -2.11. The molecule has 0 aliphatic rings. The Hall–Kier alpha value is -2.57. The number of amides is 1. The zero-order chi connectivity index (χ0) is 13.8. The van der Waals surface area contributed by atoms with Crippen molar-refractivity contribution in [1.82, 2.24) is 19.9 Å². The molecule has 7 heteroatoms. The predicted octanol–water partition coefficient (Wildman–Crippen LogP) is 1.50. The monoisotopic (exact) mass is 262 g/mol. The number of rotatable bonds is 3. The molecular formula is C12H11FN4O2. The lowest BCUT2D eigenvalue weighted by atomic mass is 10.2. The average molecular weight is 262 g/mol. The Balaban J connectivity index is 2.29. The molecule has 1 heterocycles. The summed E-state index contributed by atoms with van der Waals surface area (Å²) in [5.41, 5.74) is 0.189. The minimum absolute atomic E-state index is 0.0313. The topological polar surface area (TPSA) is 68.2 Å². The molecule has 0 atom stereocenters. The first kappa shape index (κ1) is 12.9. The molecule has 0 saturated heterocycles. The third-order valence-electron chi connectivity index (χ3n) is 2.20. The quantitative estimate of drug-likeness (QED) is 0.838. The minimum atomic E-state index is -0.572. The molecule has 0 fully saturated rings. The molecule has 2 rings (SSSR count). The second kappa shape index (κ2) is 5.38. The van der Waals surface area contributed by atoms with E-state index in [1.807, 2.05) is 0 Å². The first-order valence-corrected chi connectivity index (χ1v) is 5.38. The first-order chi connectivity index (χ1) is 9.06. The van der Waals surface area contributed by atoms with E-state index in [4.69, 9.17) is 4.74 Å². The molecule has 0 saturated carbocycles. The van der Waals surface area contributed by atoms with E-state index in [1.165, 1.54) is 23.6 Å². The second-order valence-electron chi connectivity index (χ2n) is 3.90. The van der Waals surface area contributed by atoms with Gasteiger partial charge in [-0.15, -0.1) is 0 Å². The lowest BCUT2D eigenvalue weighted by molar-refractivity contribution is 0.0826. The third kappa shape index (κ3) is 3.21. The number of nitrogens with zero attached hydrogens (tertiary/aromatic N) is 4. The van der Waals surface area contributed by atoms with Gasteiger partial charge >= 0.3 is 6.01 Å². The number of carbonyl (C=O) groups is 1. The molecule has 0 radical (unpaired) electrons. The summed E-state index contributed by atoms with van der Waals surface area (Å²) in [4.78, 5) is 24.3. The lowest BCUT2D eigenvalue weighted by Crippen LogP contribution is -2.21. The maximum absolute atomic E-state index is 13.5. The zero-order valence-electron chi connectivity index (χ0n) is 10.4. The highest BCUT2D eigenvalue weighted by Gasteiger charge is 2.12. The molecule has 19 heavy (non-hydrogen) atoms. The van der Waals surface area contributed by atoms with Crippen LogP contribution >= 0.6 is 0 Å². The summed E-state index contributed by atoms with van der Waals surface area (Å²) in [6.45, 7) is 0. The van der Waals surface area contributed by atoms with Gasteiger partial charge in [-0.3, -0.25) is 4.79 Å². The summed E-state index contributed by atoms with van der Waals surface area (Å²) in [5.74, 6) is -0.742. The maximum Gasteiger partial charge on any atom is 0.324 e. The van der Waals surface area contributed by atoms with Crippen LogP contribution in [0.2, 0.25) is 0 Å². The Kier molecular flexibility index (Phi) is 3.65. The molecule has 0 aliphatic heterocycles. The van der Waals surface area contributed by atoms with Crippen LogP contribution in [0.25, 0.3) is 0 Å². The van der Waals surface area contributed by atoms with E-state index < -0.39 is 5.82 Å². The van der Waals surface area contributed by atoms with Crippen LogP contribution in [0.3, 0.4) is 0 Å². The molecule has 0 aliphatic carbocycles. The molecule has 6 nitrogen and oxygen atoms in total.